The number of thioether (sulfide) groups is 1. The lowest BCUT2D eigenvalue weighted by atomic mass is 10.1. The fourth-order valence-electron chi connectivity index (χ4n) is 2.82. The van der Waals surface area contributed by atoms with Crippen LogP contribution in [0.5, 0.6) is 5.75 Å². The summed E-state index contributed by atoms with van der Waals surface area (Å²) in [6, 6.07) is 12.2. The molecule has 2 aromatic carbocycles. The van der Waals surface area contributed by atoms with Gasteiger partial charge in [-0.3, -0.25) is 9.36 Å². The van der Waals surface area contributed by atoms with Gasteiger partial charge in [-0.05, 0) is 36.8 Å². The predicted octanol–water partition coefficient (Wildman–Crippen LogP) is 4.77. The quantitative estimate of drug-likeness (QED) is 0.427. The Morgan fingerprint density at radius 3 is 2.54 bits per heavy atom. The van der Waals surface area contributed by atoms with Crippen molar-refractivity contribution in [2.45, 2.75) is 24.3 Å². The molecule has 0 atom stereocenters. The molecule has 0 fully saturated rings. The summed E-state index contributed by atoms with van der Waals surface area (Å²) in [5.41, 5.74) is 2.61. The highest BCUT2D eigenvalue weighted by molar-refractivity contribution is 7.98. The highest BCUT2D eigenvalue weighted by atomic mass is 35.5. The van der Waals surface area contributed by atoms with E-state index in [1.165, 1.54) is 22.4 Å². The first-order chi connectivity index (χ1) is 13.4. The molecule has 0 saturated heterocycles. The summed E-state index contributed by atoms with van der Waals surface area (Å²) in [6.07, 6.45) is 0.486. The Bertz CT molecular complexity index is 1030. The average molecular weight is 419 g/mol. The molecule has 4 nitrogen and oxygen atoms in total. The van der Waals surface area contributed by atoms with Crippen molar-refractivity contribution in [2.24, 2.45) is 7.05 Å². The zero-order valence-electron chi connectivity index (χ0n) is 15.8. The average Bonchev–Trinajstić information content (AvgIpc) is 2.69. The molecule has 7 heteroatoms. The molecule has 0 aliphatic rings. The van der Waals surface area contributed by atoms with E-state index in [0.717, 1.165) is 11.3 Å². The molecule has 0 spiro atoms. The molecule has 1 heterocycles. The van der Waals surface area contributed by atoms with Crippen LogP contribution in [0.3, 0.4) is 0 Å². The van der Waals surface area contributed by atoms with Gasteiger partial charge in [0.05, 0.1) is 7.11 Å². The molecule has 0 bridgehead atoms. The van der Waals surface area contributed by atoms with Gasteiger partial charge in [-0.1, -0.05) is 41.6 Å². The molecule has 28 heavy (non-hydrogen) atoms. The fraction of sp³-hybridized carbons (Fsp3) is 0.238. The molecule has 0 N–H and O–H groups in total. The van der Waals surface area contributed by atoms with Gasteiger partial charge < -0.3 is 4.74 Å². The van der Waals surface area contributed by atoms with E-state index in [-0.39, 0.29) is 11.4 Å². The number of aromatic nitrogens is 2. The first-order valence-electron chi connectivity index (χ1n) is 8.65. The zero-order chi connectivity index (χ0) is 20.3. The lowest BCUT2D eigenvalue weighted by Gasteiger charge is -2.13. The third-order valence-electron chi connectivity index (χ3n) is 4.50. The second-order valence-electron chi connectivity index (χ2n) is 6.34. The van der Waals surface area contributed by atoms with E-state index in [2.05, 4.69) is 4.98 Å². The van der Waals surface area contributed by atoms with E-state index in [0.29, 0.717) is 39.2 Å². The van der Waals surface area contributed by atoms with Crippen LogP contribution >= 0.6 is 23.4 Å². The van der Waals surface area contributed by atoms with Crippen LogP contribution in [0.15, 0.2) is 52.4 Å². The molecule has 0 aliphatic heterocycles. The van der Waals surface area contributed by atoms with E-state index in [1.54, 1.807) is 26.3 Å². The number of methoxy groups -OCH3 is 1. The van der Waals surface area contributed by atoms with Gasteiger partial charge in [0, 0.05) is 41.1 Å². The Morgan fingerprint density at radius 1 is 1.18 bits per heavy atom. The van der Waals surface area contributed by atoms with Gasteiger partial charge in [0.1, 0.15) is 11.6 Å². The van der Waals surface area contributed by atoms with Crippen molar-refractivity contribution in [1.29, 1.82) is 0 Å². The summed E-state index contributed by atoms with van der Waals surface area (Å²) in [5.74, 6) is 0.700. The monoisotopic (exact) mass is 418 g/mol. The van der Waals surface area contributed by atoms with Gasteiger partial charge in [-0.25, -0.2) is 9.37 Å². The molecule has 0 amide bonds. The summed E-state index contributed by atoms with van der Waals surface area (Å²) in [5, 5.41) is 0.894. The smallest absolute Gasteiger partial charge is 0.257 e. The fourth-order valence-corrected chi connectivity index (χ4v) is 4.17. The maximum Gasteiger partial charge on any atom is 0.257 e. The van der Waals surface area contributed by atoms with Crippen molar-refractivity contribution < 1.29 is 9.13 Å². The van der Waals surface area contributed by atoms with Crippen LogP contribution in [0.1, 0.15) is 22.4 Å². The highest BCUT2D eigenvalue weighted by Gasteiger charge is 2.15. The summed E-state index contributed by atoms with van der Waals surface area (Å²) in [6.45, 7) is 1.82. The maximum absolute atomic E-state index is 14.0. The molecule has 0 aliphatic carbocycles. The lowest BCUT2D eigenvalue weighted by Crippen LogP contribution is -2.25. The number of ether oxygens (including phenoxy) is 1. The number of hydrogen-bond acceptors (Lipinski definition) is 4. The Labute approximate surface area is 172 Å². The van der Waals surface area contributed by atoms with Gasteiger partial charge in [0.15, 0.2) is 5.16 Å². The molecular weight excluding hydrogens is 399 g/mol. The third-order valence-corrected chi connectivity index (χ3v) is 5.91. The second kappa shape index (κ2) is 8.80. The zero-order valence-corrected chi connectivity index (χ0v) is 17.4. The summed E-state index contributed by atoms with van der Waals surface area (Å²) >= 11 is 7.37. The van der Waals surface area contributed by atoms with E-state index in [4.69, 9.17) is 16.3 Å². The first-order valence-corrected chi connectivity index (χ1v) is 10.0. The molecule has 146 valence electrons. The van der Waals surface area contributed by atoms with Crippen LogP contribution in [0.25, 0.3) is 0 Å². The topological polar surface area (TPSA) is 44.1 Å². The van der Waals surface area contributed by atoms with Crippen molar-refractivity contribution in [3.05, 3.63) is 86.0 Å². The van der Waals surface area contributed by atoms with Crippen LogP contribution in [0, 0.1) is 12.7 Å². The molecule has 0 unspecified atom stereocenters. The largest absolute Gasteiger partial charge is 0.497 e. The normalized spacial score (nSPS) is 10.9. The molecule has 1 aromatic heterocycles. The summed E-state index contributed by atoms with van der Waals surface area (Å²) < 4.78 is 20.6. The number of rotatable bonds is 6. The van der Waals surface area contributed by atoms with Crippen LogP contribution < -0.4 is 10.3 Å². The molecule has 3 aromatic rings. The van der Waals surface area contributed by atoms with Crippen molar-refractivity contribution in [1.82, 2.24) is 9.55 Å². The van der Waals surface area contributed by atoms with E-state index >= 15 is 0 Å². The van der Waals surface area contributed by atoms with Crippen LogP contribution in [-0.2, 0) is 19.2 Å². The number of nitrogens with zero attached hydrogens (tertiary/aromatic N) is 2. The van der Waals surface area contributed by atoms with Gasteiger partial charge in [-0.2, -0.15) is 0 Å². The minimum Gasteiger partial charge on any atom is -0.497 e. The second-order valence-corrected chi connectivity index (χ2v) is 7.69. The third kappa shape index (κ3) is 4.39. The minimum absolute atomic E-state index is 0.106. The Hall–Kier alpha value is -2.31. The molecular formula is C21H20ClFN2O2S. The van der Waals surface area contributed by atoms with E-state index in [9.17, 15) is 9.18 Å². The lowest BCUT2D eigenvalue weighted by molar-refractivity contribution is 0.414. The first kappa shape index (κ1) is 20.4. The van der Waals surface area contributed by atoms with Crippen molar-refractivity contribution in [2.75, 3.05) is 7.11 Å². The van der Waals surface area contributed by atoms with Gasteiger partial charge in [0.25, 0.3) is 5.56 Å². The molecule has 3 rings (SSSR count). The number of aryl methyl sites for hydroxylation is 1. The summed E-state index contributed by atoms with van der Waals surface area (Å²) in [4.78, 5) is 17.4. The minimum atomic E-state index is -0.363. The van der Waals surface area contributed by atoms with Crippen molar-refractivity contribution in [3.63, 3.8) is 0 Å². The van der Waals surface area contributed by atoms with Crippen LogP contribution in [0.4, 0.5) is 4.39 Å². The predicted molar refractivity (Wildman–Crippen MR) is 111 cm³/mol. The van der Waals surface area contributed by atoms with Gasteiger partial charge in [0.2, 0.25) is 0 Å². The van der Waals surface area contributed by atoms with E-state index < -0.39 is 0 Å². The SMILES string of the molecule is COc1ccc(Cc2c(C)nc(SCc3c(F)cccc3Cl)n(C)c2=O)cc1. The Morgan fingerprint density at radius 2 is 1.89 bits per heavy atom. The van der Waals surface area contributed by atoms with Crippen LogP contribution in [-0.4, -0.2) is 16.7 Å². The van der Waals surface area contributed by atoms with Crippen molar-refractivity contribution in [3.8, 4) is 5.75 Å². The standard InChI is InChI=1S/C21H20ClFN2O2S/c1-13-16(11-14-7-9-15(27-3)10-8-14)20(26)25(2)21(24-13)28-12-17-18(22)5-4-6-19(17)23/h4-10H,11-12H2,1-3H3. The van der Waals surface area contributed by atoms with Gasteiger partial charge >= 0.3 is 0 Å². The Balaban J connectivity index is 1.84. The molecule has 0 radical (unpaired) electrons. The maximum atomic E-state index is 14.0. The molecule has 0 saturated carbocycles. The Kier molecular flexibility index (Phi) is 6.42. The number of hydrogen-bond donors (Lipinski definition) is 0. The van der Waals surface area contributed by atoms with Gasteiger partial charge in [-0.15, -0.1) is 0 Å². The summed E-state index contributed by atoms with van der Waals surface area (Å²) in [7, 11) is 3.29. The number of halogens is 2. The van der Waals surface area contributed by atoms with Crippen LogP contribution in [0.2, 0.25) is 5.02 Å². The van der Waals surface area contributed by atoms with E-state index in [1.807, 2.05) is 31.2 Å². The van der Waals surface area contributed by atoms with Crippen molar-refractivity contribution >= 4 is 23.4 Å². The number of benzene rings is 2. The highest BCUT2D eigenvalue weighted by Crippen LogP contribution is 2.27.